The molecule has 0 fully saturated rings. The van der Waals surface area contributed by atoms with Crippen molar-refractivity contribution in [2.24, 2.45) is 0 Å². The van der Waals surface area contributed by atoms with Gasteiger partial charge in [-0.2, -0.15) is 0 Å². The second-order valence-corrected chi connectivity index (χ2v) is 7.01. The quantitative estimate of drug-likeness (QED) is 0.828. The Labute approximate surface area is 132 Å². The van der Waals surface area contributed by atoms with E-state index in [1.54, 1.807) is 0 Å². The number of rotatable bonds is 7. The van der Waals surface area contributed by atoms with E-state index in [-0.39, 0.29) is 0 Å². The average Bonchev–Trinajstić information content (AvgIpc) is 2.79. The minimum Gasteiger partial charge on any atom is -0.312 e. The second kappa shape index (κ2) is 7.74. The third kappa shape index (κ3) is 4.67. The molecule has 0 aliphatic heterocycles. The summed E-state index contributed by atoms with van der Waals surface area (Å²) in [7, 11) is 2.20. The Morgan fingerprint density at radius 2 is 1.81 bits per heavy atom. The zero-order valence-electron chi connectivity index (χ0n) is 13.6. The van der Waals surface area contributed by atoms with E-state index in [4.69, 9.17) is 0 Å². The van der Waals surface area contributed by atoms with Crippen molar-refractivity contribution in [3.05, 3.63) is 56.8 Å². The molecule has 1 aromatic heterocycles. The molecule has 0 amide bonds. The van der Waals surface area contributed by atoms with Gasteiger partial charge in [0.25, 0.3) is 0 Å². The van der Waals surface area contributed by atoms with Gasteiger partial charge in [0, 0.05) is 29.4 Å². The molecule has 3 heteroatoms. The summed E-state index contributed by atoms with van der Waals surface area (Å²) in [5, 5.41) is 3.40. The summed E-state index contributed by atoms with van der Waals surface area (Å²) in [5.41, 5.74) is 4.25. The SMILES string of the molecule is CCNCc1cc(CN(C)Cc2ccccc2C)c(C)s1. The molecule has 1 heterocycles. The van der Waals surface area contributed by atoms with Gasteiger partial charge in [-0.05, 0) is 50.2 Å². The molecule has 0 atom stereocenters. The van der Waals surface area contributed by atoms with Crippen LogP contribution >= 0.6 is 11.3 Å². The fourth-order valence-corrected chi connectivity index (χ4v) is 3.53. The molecule has 1 N–H and O–H groups in total. The zero-order valence-corrected chi connectivity index (χ0v) is 14.4. The Morgan fingerprint density at radius 3 is 2.52 bits per heavy atom. The molecule has 2 rings (SSSR count). The molecule has 0 saturated carbocycles. The van der Waals surface area contributed by atoms with Gasteiger partial charge in [0.05, 0.1) is 0 Å². The first kappa shape index (κ1) is 16.2. The number of hydrogen-bond donors (Lipinski definition) is 1. The lowest BCUT2D eigenvalue weighted by atomic mass is 10.1. The van der Waals surface area contributed by atoms with Crippen LogP contribution in [0.15, 0.2) is 30.3 Å². The molecule has 0 bridgehead atoms. The molecular weight excluding hydrogens is 276 g/mol. The molecule has 0 spiro atoms. The molecule has 1 aromatic carbocycles. The summed E-state index contributed by atoms with van der Waals surface area (Å²) >= 11 is 1.92. The van der Waals surface area contributed by atoms with E-state index in [1.807, 2.05) is 11.3 Å². The molecule has 114 valence electrons. The number of nitrogens with one attached hydrogen (secondary N) is 1. The van der Waals surface area contributed by atoms with Crippen LogP contribution in [0, 0.1) is 13.8 Å². The molecule has 0 radical (unpaired) electrons. The topological polar surface area (TPSA) is 15.3 Å². The van der Waals surface area contributed by atoms with E-state index in [9.17, 15) is 0 Å². The van der Waals surface area contributed by atoms with Gasteiger partial charge in [0.2, 0.25) is 0 Å². The van der Waals surface area contributed by atoms with Gasteiger partial charge in [-0.1, -0.05) is 31.2 Å². The van der Waals surface area contributed by atoms with Crippen molar-refractivity contribution in [3.63, 3.8) is 0 Å². The highest BCUT2D eigenvalue weighted by Crippen LogP contribution is 2.23. The van der Waals surface area contributed by atoms with Crippen molar-refractivity contribution in [2.75, 3.05) is 13.6 Å². The van der Waals surface area contributed by atoms with Crippen molar-refractivity contribution in [1.29, 1.82) is 0 Å². The molecule has 0 aliphatic rings. The first-order chi connectivity index (χ1) is 10.1. The normalized spacial score (nSPS) is 11.3. The third-order valence-corrected chi connectivity index (χ3v) is 4.86. The van der Waals surface area contributed by atoms with E-state index in [0.717, 1.165) is 26.2 Å². The first-order valence-electron chi connectivity index (χ1n) is 7.62. The van der Waals surface area contributed by atoms with Gasteiger partial charge in [0.1, 0.15) is 0 Å². The fourth-order valence-electron chi connectivity index (χ4n) is 2.50. The second-order valence-electron chi connectivity index (χ2n) is 5.67. The van der Waals surface area contributed by atoms with Gasteiger partial charge < -0.3 is 5.32 Å². The first-order valence-corrected chi connectivity index (χ1v) is 8.43. The number of benzene rings is 1. The molecule has 0 unspecified atom stereocenters. The summed E-state index contributed by atoms with van der Waals surface area (Å²) in [4.78, 5) is 5.28. The summed E-state index contributed by atoms with van der Waals surface area (Å²) in [6, 6.07) is 11.0. The minimum atomic E-state index is 0.990. The van der Waals surface area contributed by atoms with Crippen LogP contribution in [-0.2, 0) is 19.6 Å². The smallest absolute Gasteiger partial charge is 0.0299 e. The van der Waals surface area contributed by atoms with Gasteiger partial charge in [-0.25, -0.2) is 0 Å². The fraction of sp³-hybridized carbons (Fsp3) is 0.444. The molecule has 21 heavy (non-hydrogen) atoms. The summed E-state index contributed by atoms with van der Waals surface area (Å²) in [6.45, 7) is 10.6. The molecule has 2 nitrogen and oxygen atoms in total. The number of nitrogens with zero attached hydrogens (tertiary/aromatic N) is 1. The Hall–Kier alpha value is -1.16. The Bertz CT molecular complexity index is 574. The van der Waals surface area contributed by atoms with Crippen LogP contribution in [0.4, 0.5) is 0 Å². The van der Waals surface area contributed by atoms with Crippen molar-refractivity contribution in [1.82, 2.24) is 10.2 Å². The lowest BCUT2D eigenvalue weighted by Crippen LogP contribution is -2.18. The molecule has 2 aromatic rings. The maximum Gasteiger partial charge on any atom is 0.0299 e. The Morgan fingerprint density at radius 1 is 1.10 bits per heavy atom. The average molecular weight is 302 g/mol. The summed E-state index contributed by atoms with van der Waals surface area (Å²) < 4.78 is 0. The maximum atomic E-state index is 3.40. The van der Waals surface area contributed by atoms with E-state index in [1.165, 1.54) is 26.4 Å². The van der Waals surface area contributed by atoms with Crippen LogP contribution in [-0.4, -0.2) is 18.5 Å². The highest BCUT2D eigenvalue weighted by atomic mass is 32.1. The van der Waals surface area contributed by atoms with E-state index < -0.39 is 0 Å². The zero-order chi connectivity index (χ0) is 15.2. The standard InChI is InChI=1S/C18H26N2S/c1-5-19-11-18-10-17(15(3)21-18)13-20(4)12-16-9-7-6-8-14(16)2/h6-10,19H,5,11-13H2,1-4H3. The summed E-state index contributed by atoms with van der Waals surface area (Å²) in [5.74, 6) is 0. The highest BCUT2D eigenvalue weighted by Gasteiger charge is 2.09. The van der Waals surface area contributed by atoms with Crippen LogP contribution < -0.4 is 5.32 Å². The number of thiophene rings is 1. The van der Waals surface area contributed by atoms with E-state index in [0.29, 0.717) is 0 Å². The highest BCUT2D eigenvalue weighted by molar-refractivity contribution is 7.12. The van der Waals surface area contributed by atoms with Crippen molar-refractivity contribution >= 4 is 11.3 Å². The summed E-state index contributed by atoms with van der Waals surface area (Å²) in [6.07, 6.45) is 0. The van der Waals surface area contributed by atoms with Crippen LogP contribution in [0.1, 0.15) is 33.4 Å². The Balaban J connectivity index is 1.98. The molecular formula is C18H26N2S. The number of aryl methyl sites for hydroxylation is 2. The van der Waals surface area contributed by atoms with E-state index in [2.05, 4.69) is 68.4 Å². The van der Waals surface area contributed by atoms with Crippen LogP contribution in [0.3, 0.4) is 0 Å². The largest absolute Gasteiger partial charge is 0.312 e. The lowest BCUT2D eigenvalue weighted by molar-refractivity contribution is 0.318. The predicted molar refractivity (Wildman–Crippen MR) is 92.8 cm³/mol. The Kier molecular flexibility index (Phi) is 5.97. The minimum absolute atomic E-state index is 0.990. The van der Waals surface area contributed by atoms with Gasteiger partial charge >= 0.3 is 0 Å². The monoisotopic (exact) mass is 302 g/mol. The van der Waals surface area contributed by atoms with Gasteiger partial charge in [-0.3, -0.25) is 4.90 Å². The van der Waals surface area contributed by atoms with Crippen molar-refractivity contribution < 1.29 is 0 Å². The van der Waals surface area contributed by atoms with Crippen LogP contribution in [0.2, 0.25) is 0 Å². The molecule has 0 saturated heterocycles. The maximum absolute atomic E-state index is 3.40. The number of hydrogen-bond acceptors (Lipinski definition) is 3. The van der Waals surface area contributed by atoms with E-state index >= 15 is 0 Å². The van der Waals surface area contributed by atoms with Gasteiger partial charge in [-0.15, -0.1) is 11.3 Å². The van der Waals surface area contributed by atoms with Crippen molar-refractivity contribution in [2.45, 2.75) is 40.4 Å². The molecule has 0 aliphatic carbocycles. The third-order valence-electron chi connectivity index (χ3n) is 3.76. The van der Waals surface area contributed by atoms with Crippen molar-refractivity contribution in [3.8, 4) is 0 Å². The lowest BCUT2D eigenvalue weighted by Gasteiger charge is -2.18. The van der Waals surface area contributed by atoms with Crippen LogP contribution in [0.5, 0.6) is 0 Å². The van der Waals surface area contributed by atoms with Crippen LogP contribution in [0.25, 0.3) is 0 Å². The predicted octanol–water partition coefficient (Wildman–Crippen LogP) is 4.11. The van der Waals surface area contributed by atoms with Gasteiger partial charge in [0.15, 0.2) is 0 Å².